The van der Waals surface area contributed by atoms with Crippen LogP contribution in [0.5, 0.6) is 0 Å². The molecule has 0 spiro atoms. The van der Waals surface area contributed by atoms with Gasteiger partial charge in [-0.3, -0.25) is 0 Å². The van der Waals surface area contributed by atoms with Crippen molar-refractivity contribution < 1.29 is 4.42 Å². The van der Waals surface area contributed by atoms with Crippen LogP contribution < -0.4 is 0 Å². The molecule has 0 aliphatic heterocycles. The number of hydrogen-bond donors (Lipinski definition) is 0. The van der Waals surface area contributed by atoms with Gasteiger partial charge in [0.1, 0.15) is 5.58 Å². The lowest BCUT2D eigenvalue weighted by molar-refractivity contribution is 0.666. The van der Waals surface area contributed by atoms with E-state index < -0.39 is 0 Å². The van der Waals surface area contributed by atoms with Crippen LogP contribution in [0.4, 0.5) is 0 Å². The van der Waals surface area contributed by atoms with Crippen LogP contribution in [0.3, 0.4) is 0 Å². The molecule has 0 amide bonds. The predicted molar refractivity (Wildman–Crippen MR) is 239 cm³/mol. The standard InChI is InChI=1S/C54H34N2O/c1-3-14-35(15-4-1)36-16-13-17-39(32-36)41-30-31-49(54-53(41)46-22-9-12-25-52(46)57-54)56-48-24-11-8-21-43(48)45-29-27-38(34-51(45)56)37-26-28-44-42-20-7-10-23-47(42)55(50(44)33-37)40-18-5-2-6-19-40/h1-34H. The van der Waals surface area contributed by atoms with Gasteiger partial charge in [0.25, 0.3) is 0 Å². The topological polar surface area (TPSA) is 23.0 Å². The Morgan fingerprint density at radius 2 is 0.842 bits per heavy atom. The van der Waals surface area contributed by atoms with Crippen molar-refractivity contribution in [1.29, 1.82) is 0 Å². The molecule has 266 valence electrons. The number of nitrogens with zero attached hydrogens (tertiary/aromatic N) is 2. The maximum absolute atomic E-state index is 6.91. The van der Waals surface area contributed by atoms with Crippen molar-refractivity contribution in [3.8, 4) is 44.8 Å². The van der Waals surface area contributed by atoms with Gasteiger partial charge in [0.2, 0.25) is 0 Å². The minimum absolute atomic E-state index is 0.876. The van der Waals surface area contributed by atoms with Crippen molar-refractivity contribution in [1.82, 2.24) is 9.13 Å². The monoisotopic (exact) mass is 726 g/mol. The SMILES string of the molecule is c1ccc(-c2cccc(-c3ccc(-n4c5ccccc5c5ccc(-c6ccc7c8ccccc8n(-c8ccccc8)c7c6)cc54)c4oc5ccccc5c34)c2)cc1. The smallest absolute Gasteiger partial charge is 0.160 e. The average Bonchev–Trinajstić information content (AvgIpc) is 3.94. The molecule has 0 radical (unpaired) electrons. The molecule has 0 fully saturated rings. The zero-order valence-electron chi connectivity index (χ0n) is 30.9. The van der Waals surface area contributed by atoms with Crippen LogP contribution in [-0.2, 0) is 0 Å². The normalized spacial score (nSPS) is 11.9. The number of para-hydroxylation sites is 4. The first-order chi connectivity index (χ1) is 28.3. The number of aromatic nitrogens is 2. The predicted octanol–water partition coefficient (Wildman–Crippen LogP) is 14.8. The number of rotatable bonds is 5. The van der Waals surface area contributed by atoms with Gasteiger partial charge in [-0.25, -0.2) is 0 Å². The van der Waals surface area contributed by atoms with E-state index in [0.717, 1.165) is 61.0 Å². The van der Waals surface area contributed by atoms with Gasteiger partial charge in [-0.15, -0.1) is 0 Å². The highest BCUT2D eigenvalue weighted by atomic mass is 16.3. The molecule has 0 aliphatic rings. The van der Waals surface area contributed by atoms with E-state index in [-0.39, 0.29) is 0 Å². The first-order valence-electron chi connectivity index (χ1n) is 19.5. The number of hydrogen-bond acceptors (Lipinski definition) is 1. The lowest BCUT2D eigenvalue weighted by Crippen LogP contribution is -1.96. The molecule has 0 bridgehead atoms. The number of benzene rings is 9. The summed E-state index contributed by atoms with van der Waals surface area (Å²) in [5.74, 6) is 0. The third-order valence-electron chi connectivity index (χ3n) is 11.7. The van der Waals surface area contributed by atoms with Gasteiger partial charge in [-0.1, -0.05) is 152 Å². The molecule has 57 heavy (non-hydrogen) atoms. The summed E-state index contributed by atoms with van der Waals surface area (Å²) in [6.45, 7) is 0. The summed E-state index contributed by atoms with van der Waals surface area (Å²) in [7, 11) is 0. The molecular weight excluding hydrogens is 693 g/mol. The third-order valence-corrected chi connectivity index (χ3v) is 11.7. The van der Waals surface area contributed by atoms with E-state index in [4.69, 9.17) is 4.42 Å². The maximum Gasteiger partial charge on any atom is 0.160 e. The van der Waals surface area contributed by atoms with E-state index in [2.05, 4.69) is 215 Å². The minimum Gasteiger partial charge on any atom is -0.454 e. The van der Waals surface area contributed by atoms with E-state index in [0.29, 0.717) is 0 Å². The Kier molecular flexibility index (Phi) is 6.93. The zero-order valence-corrected chi connectivity index (χ0v) is 30.9. The van der Waals surface area contributed by atoms with Crippen molar-refractivity contribution in [2.24, 2.45) is 0 Å². The van der Waals surface area contributed by atoms with E-state index in [1.54, 1.807) is 0 Å². The van der Waals surface area contributed by atoms with Crippen LogP contribution in [-0.4, -0.2) is 9.13 Å². The summed E-state index contributed by atoms with van der Waals surface area (Å²) in [6.07, 6.45) is 0. The van der Waals surface area contributed by atoms with Crippen molar-refractivity contribution in [3.05, 3.63) is 206 Å². The highest BCUT2D eigenvalue weighted by Crippen LogP contribution is 2.44. The van der Waals surface area contributed by atoms with Gasteiger partial charge in [-0.2, -0.15) is 0 Å². The lowest BCUT2D eigenvalue weighted by Gasteiger charge is -2.13. The maximum atomic E-state index is 6.91. The number of furan rings is 1. The minimum atomic E-state index is 0.876. The molecule has 0 aliphatic carbocycles. The second-order valence-corrected chi connectivity index (χ2v) is 14.9. The Hall–Kier alpha value is -7.62. The molecule has 9 aromatic carbocycles. The Morgan fingerprint density at radius 3 is 1.56 bits per heavy atom. The molecule has 12 aromatic rings. The van der Waals surface area contributed by atoms with Crippen molar-refractivity contribution in [3.63, 3.8) is 0 Å². The molecule has 3 heteroatoms. The summed E-state index contributed by atoms with van der Waals surface area (Å²) in [5, 5.41) is 7.14. The fourth-order valence-electron chi connectivity index (χ4n) is 9.14. The van der Waals surface area contributed by atoms with Crippen molar-refractivity contribution >= 4 is 65.6 Å². The molecule has 3 nitrogen and oxygen atoms in total. The van der Waals surface area contributed by atoms with Crippen LogP contribution in [0.1, 0.15) is 0 Å². The molecule has 0 N–H and O–H groups in total. The second kappa shape index (κ2) is 12.5. The van der Waals surface area contributed by atoms with Crippen LogP contribution in [0, 0.1) is 0 Å². The molecule has 0 saturated heterocycles. The average molecular weight is 727 g/mol. The van der Waals surface area contributed by atoms with Crippen LogP contribution in [0.15, 0.2) is 211 Å². The molecule has 0 saturated carbocycles. The van der Waals surface area contributed by atoms with Gasteiger partial charge in [0.15, 0.2) is 5.58 Å². The van der Waals surface area contributed by atoms with E-state index in [1.807, 2.05) is 0 Å². The van der Waals surface area contributed by atoms with Gasteiger partial charge in [-0.05, 0) is 88.0 Å². The summed E-state index contributed by atoms with van der Waals surface area (Å²) < 4.78 is 11.7. The Morgan fingerprint density at radius 1 is 0.316 bits per heavy atom. The van der Waals surface area contributed by atoms with E-state index in [9.17, 15) is 0 Å². The van der Waals surface area contributed by atoms with Gasteiger partial charge >= 0.3 is 0 Å². The van der Waals surface area contributed by atoms with Gasteiger partial charge in [0.05, 0.1) is 27.8 Å². The fraction of sp³-hybridized carbons (Fsp3) is 0. The fourth-order valence-corrected chi connectivity index (χ4v) is 9.14. The number of fused-ring (bicyclic) bond motifs is 9. The summed E-state index contributed by atoms with van der Waals surface area (Å²) in [4.78, 5) is 0. The van der Waals surface area contributed by atoms with E-state index in [1.165, 1.54) is 49.3 Å². The second-order valence-electron chi connectivity index (χ2n) is 14.9. The summed E-state index contributed by atoms with van der Waals surface area (Å²) in [5.41, 5.74) is 15.6. The molecule has 0 unspecified atom stereocenters. The molecule has 12 rings (SSSR count). The van der Waals surface area contributed by atoms with Crippen LogP contribution in [0.25, 0.3) is 110 Å². The lowest BCUT2D eigenvalue weighted by atomic mass is 9.95. The van der Waals surface area contributed by atoms with Crippen molar-refractivity contribution in [2.75, 3.05) is 0 Å². The highest BCUT2D eigenvalue weighted by molar-refractivity contribution is 6.17. The Bertz CT molecular complexity index is 3510. The summed E-state index contributed by atoms with van der Waals surface area (Å²) >= 11 is 0. The summed E-state index contributed by atoms with van der Waals surface area (Å²) in [6, 6.07) is 74.4. The van der Waals surface area contributed by atoms with Crippen LogP contribution in [0.2, 0.25) is 0 Å². The Labute approximate surface area is 328 Å². The molecule has 3 heterocycles. The van der Waals surface area contributed by atoms with E-state index >= 15 is 0 Å². The first-order valence-corrected chi connectivity index (χ1v) is 19.5. The Balaban J connectivity index is 1.09. The molecule has 3 aromatic heterocycles. The van der Waals surface area contributed by atoms with Crippen LogP contribution >= 0.6 is 0 Å². The van der Waals surface area contributed by atoms with Gasteiger partial charge < -0.3 is 13.6 Å². The molecular formula is C54H34N2O. The molecule has 0 atom stereocenters. The zero-order chi connectivity index (χ0) is 37.5. The highest BCUT2D eigenvalue weighted by Gasteiger charge is 2.21. The van der Waals surface area contributed by atoms with Crippen molar-refractivity contribution in [2.45, 2.75) is 0 Å². The quantitative estimate of drug-likeness (QED) is 0.173. The largest absolute Gasteiger partial charge is 0.454 e. The first kappa shape index (κ1) is 31.7. The van der Waals surface area contributed by atoms with Gasteiger partial charge in [0, 0.05) is 38.0 Å². The third kappa shape index (κ3) is 4.86.